The second kappa shape index (κ2) is 4.34. The Morgan fingerprint density at radius 2 is 1.75 bits per heavy atom. The molecule has 4 aliphatic rings. The van der Waals surface area contributed by atoms with Gasteiger partial charge in [-0.15, -0.1) is 0 Å². The molecule has 0 aliphatic heterocycles. The van der Waals surface area contributed by atoms with E-state index in [2.05, 4.69) is 13.8 Å². The highest BCUT2D eigenvalue weighted by Gasteiger charge is 2.59. The molecule has 4 rings (SSSR count). The Labute approximate surface area is 123 Å². The number of rotatable bonds is 0. The maximum atomic E-state index is 12.4. The van der Waals surface area contributed by atoms with Crippen LogP contribution in [-0.2, 0) is 4.79 Å². The molecule has 4 fully saturated rings. The van der Waals surface area contributed by atoms with Gasteiger partial charge in [-0.05, 0) is 74.0 Å². The maximum absolute atomic E-state index is 12.4. The molecule has 4 unspecified atom stereocenters. The molecule has 4 saturated carbocycles. The van der Waals surface area contributed by atoms with Crippen LogP contribution in [0.5, 0.6) is 0 Å². The van der Waals surface area contributed by atoms with Gasteiger partial charge < -0.3 is 0 Å². The Bertz CT molecular complexity index is 427. The van der Waals surface area contributed by atoms with E-state index < -0.39 is 0 Å². The summed E-state index contributed by atoms with van der Waals surface area (Å²) in [6, 6.07) is 0. The van der Waals surface area contributed by atoms with Crippen molar-refractivity contribution >= 4 is 5.78 Å². The van der Waals surface area contributed by atoms with Gasteiger partial charge in [-0.2, -0.15) is 0 Å². The van der Waals surface area contributed by atoms with Crippen LogP contribution in [-0.4, -0.2) is 5.78 Å². The van der Waals surface area contributed by atoms with Crippen LogP contribution in [0.15, 0.2) is 0 Å². The number of hydrogen-bond donors (Lipinski definition) is 0. The minimum Gasteiger partial charge on any atom is -0.299 e. The predicted octanol–water partition coefficient (Wildman–Crippen LogP) is 4.99. The van der Waals surface area contributed by atoms with E-state index in [1.807, 2.05) is 0 Å². The normalized spacial score (nSPS) is 55.0. The van der Waals surface area contributed by atoms with Crippen molar-refractivity contribution in [1.82, 2.24) is 0 Å². The van der Waals surface area contributed by atoms with Gasteiger partial charge in [0.15, 0.2) is 0 Å². The third-order valence-electron chi connectivity index (χ3n) is 8.29. The van der Waals surface area contributed by atoms with Crippen LogP contribution in [0.2, 0.25) is 0 Å². The minimum atomic E-state index is 0.0685. The van der Waals surface area contributed by atoms with Crippen LogP contribution in [0, 0.1) is 34.5 Å². The summed E-state index contributed by atoms with van der Waals surface area (Å²) in [6.45, 7) is 4.92. The molecule has 6 atom stereocenters. The SMILES string of the molecule is C[C@]12CCCCC1CCC1C2CC[C@]2(C)C(=O)CCC12. The molecular weight excluding hydrogens is 244 g/mol. The lowest BCUT2D eigenvalue weighted by molar-refractivity contribution is -0.138. The number of carbonyl (C=O) groups is 1. The zero-order chi connectivity index (χ0) is 14.0. The molecule has 0 aromatic carbocycles. The highest BCUT2D eigenvalue weighted by molar-refractivity contribution is 5.87. The third kappa shape index (κ3) is 1.58. The second-order valence-corrected chi connectivity index (χ2v) is 8.82. The Hall–Kier alpha value is -0.330. The van der Waals surface area contributed by atoms with Crippen LogP contribution in [0.25, 0.3) is 0 Å². The van der Waals surface area contributed by atoms with E-state index in [0.29, 0.717) is 11.2 Å². The first-order valence-corrected chi connectivity index (χ1v) is 9.09. The van der Waals surface area contributed by atoms with Crippen molar-refractivity contribution in [2.75, 3.05) is 0 Å². The standard InChI is InChI=1S/C19H30O/c1-18-11-4-3-5-13(18)6-7-14-15-8-9-17(20)19(15,2)12-10-16(14)18/h13-16H,3-12H2,1-2H3/t13?,14?,15?,16?,18-,19-/m0/s1. The lowest BCUT2D eigenvalue weighted by Crippen LogP contribution is -2.52. The van der Waals surface area contributed by atoms with Gasteiger partial charge in [-0.1, -0.05) is 26.7 Å². The van der Waals surface area contributed by atoms with Crippen molar-refractivity contribution in [1.29, 1.82) is 0 Å². The fourth-order valence-electron chi connectivity index (χ4n) is 7.07. The van der Waals surface area contributed by atoms with Gasteiger partial charge in [-0.3, -0.25) is 4.79 Å². The number of Topliss-reactive ketones (excluding diaryl/α,β-unsaturated/α-hetero) is 1. The van der Waals surface area contributed by atoms with Gasteiger partial charge in [-0.25, -0.2) is 0 Å². The summed E-state index contributed by atoms with van der Waals surface area (Å²) >= 11 is 0. The Morgan fingerprint density at radius 3 is 2.60 bits per heavy atom. The highest BCUT2D eigenvalue weighted by atomic mass is 16.1. The van der Waals surface area contributed by atoms with Gasteiger partial charge in [0, 0.05) is 11.8 Å². The Balaban J connectivity index is 1.66. The van der Waals surface area contributed by atoms with Crippen LogP contribution in [0.4, 0.5) is 0 Å². The quantitative estimate of drug-likeness (QED) is 0.608. The lowest BCUT2D eigenvalue weighted by Gasteiger charge is -2.59. The molecular formula is C19H30O. The Kier molecular flexibility index (Phi) is 2.89. The van der Waals surface area contributed by atoms with Crippen molar-refractivity contribution in [3.8, 4) is 0 Å². The van der Waals surface area contributed by atoms with E-state index >= 15 is 0 Å². The minimum absolute atomic E-state index is 0.0685. The fraction of sp³-hybridized carbons (Fsp3) is 0.947. The fourth-order valence-corrected chi connectivity index (χ4v) is 7.07. The molecule has 0 radical (unpaired) electrons. The van der Waals surface area contributed by atoms with Crippen LogP contribution in [0.3, 0.4) is 0 Å². The first-order chi connectivity index (χ1) is 9.56. The first kappa shape index (κ1) is 13.3. The summed E-state index contributed by atoms with van der Waals surface area (Å²) in [4.78, 5) is 12.4. The summed E-state index contributed by atoms with van der Waals surface area (Å²) < 4.78 is 0. The van der Waals surface area contributed by atoms with E-state index in [0.717, 1.165) is 30.1 Å². The van der Waals surface area contributed by atoms with Crippen molar-refractivity contribution in [3.63, 3.8) is 0 Å². The molecule has 0 aromatic rings. The van der Waals surface area contributed by atoms with Crippen LogP contribution < -0.4 is 0 Å². The topological polar surface area (TPSA) is 17.1 Å². The highest BCUT2D eigenvalue weighted by Crippen LogP contribution is 2.65. The molecule has 1 nitrogen and oxygen atoms in total. The van der Waals surface area contributed by atoms with Crippen molar-refractivity contribution in [2.45, 2.75) is 78.1 Å². The van der Waals surface area contributed by atoms with Gasteiger partial charge in [0.25, 0.3) is 0 Å². The smallest absolute Gasteiger partial charge is 0.139 e. The molecule has 0 amide bonds. The molecule has 0 bridgehead atoms. The van der Waals surface area contributed by atoms with E-state index in [9.17, 15) is 4.79 Å². The average Bonchev–Trinajstić information content (AvgIpc) is 2.74. The lowest BCUT2D eigenvalue weighted by atomic mass is 9.45. The number of hydrogen-bond acceptors (Lipinski definition) is 1. The molecule has 0 saturated heterocycles. The van der Waals surface area contributed by atoms with Gasteiger partial charge in [0.1, 0.15) is 5.78 Å². The van der Waals surface area contributed by atoms with E-state index in [1.165, 1.54) is 57.8 Å². The molecule has 0 heterocycles. The second-order valence-electron chi connectivity index (χ2n) is 8.82. The molecule has 4 aliphatic carbocycles. The third-order valence-corrected chi connectivity index (χ3v) is 8.29. The van der Waals surface area contributed by atoms with Gasteiger partial charge >= 0.3 is 0 Å². The summed E-state index contributed by atoms with van der Waals surface area (Å²) in [6.07, 6.45) is 13.4. The molecule has 20 heavy (non-hydrogen) atoms. The van der Waals surface area contributed by atoms with Crippen LogP contribution in [0.1, 0.15) is 78.1 Å². The predicted molar refractivity (Wildman–Crippen MR) is 81.4 cm³/mol. The number of fused-ring (bicyclic) bond motifs is 5. The molecule has 0 aromatic heterocycles. The van der Waals surface area contributed by atoms with E-state index in [4.69, 9.17) is 0 Å². The monoisotopic (exact) mass is 274 g/mol. The Morgan fingerprint density at radius 1 is 0.900 bits per heavy atom. The number of carbonyl (C=O) groups excluding carboxylic acids is 1. The summed E-state index contributed by atoms with van der Waals surface area (Å²) in [5, 5.41) is 0. The maximum Gasteiger partial charge on any atom is 0.139 e. The van der Waals surface area contributed by atoms with Gasteiger partial charge in [0.2, 0.25) is 0 Å². The van der Waals surface area contributed by atoms with Crippen molar-refractivity contribution < 1.29 is 4.79 Å². The average molecular weight is 274 g/mol. The molecule has 0 N–H and O–H groups in total. The summed E-state index contributed by atoms with van der Waals surface area (Å²) in [5.41, 5.74) is 0.688. The first-order valence-electron chi connectivity index (χ1n) is 9.09. The van der Waals surface area contributed by atoms with Crippen LogP contribution >= 0.6 is 0 Å². The summed E-state index contributed by atoms with van der Waals surface area (Å²) in [7, 11) is 0. The molecule has 0 spiro atoms. The molecule has 1 heteroatoms. The van der Waals surface area contributed by atoms with Gasteiger partial charge in [0.05, 0.1) is 0 Å². The van der Waals surface area contributed by atoms with E-state index in [-0.39, 0.29) is 5.41 Å². The van der Waals surface area contributed by atoms with E-state index in [1.54, 1.807) is 0 Å². The zero-order valence-electron chi connectivity index (χ0n) is 13.3. The van der Waals surface area contributed by atoms with Crippen molar-refractivity contribution in [3.05, 3.63) is 0 Å². The number of ketones is 1. The molecule has 112 valence electrons. The largest absolute Gasteiger partial charge is 0.299 e. The zero-order valence-corrected chi connectivity index (χ0v) is 13.3. The van der Waals surface area contributed by atoms with Crippen molar-refractivity contribution in [2.24, 2.45) is 34.5 Å². The summed E-state index contributed by atoms with van der Waals surface area (Å²) in [5.74, 6) is 4.13.